The van der Waals surface area contributed by atoms with Crippen LogP contribution in [-0.4, -0.2) is 30.3 Å². The van der Waals surface area contributed by atoms with Gasteiger partial charge >= 0.3 is 0 Å². The van der Waals surface area contributed by atoms with E-state index in [1.807, 2.05) is 31.2 Å². The molecule has 1 aromatic heterocycles. The molecule has 1 unspecified atom stereocenters. The monoisotopic (exact) mass is 356 g/mol. The predicted molar refractivity (Wildman–Crippen MR) is 101 cm³/mol. The van der Waals surface area contributed by atoms with Gasteiger partial charge in [-0.2, -0.15) is 0 Å². The van der Waals surface area contributed by atoms with Crippen molar-refractivity contribution in [2.75, 3.05) is 13.2 Å². The van der Waals surface area contributed by atoms with Crippen LogP contribution in [0.4, 0.5) is 0 Å². The largest absolute Gasteiger partial charge is 0.381 e. The Bertz CT molecular complexity index is 747. The molecular weight excluding hydrogens is 328 g/mol. The summed E-state index contributed by atoms with van der Waals surface area (Å²) in [7, 11) is 0. The number of ether oxygens (including phenoxy) is 1. The van der Waals surface area contributed by atoms with Crippen molar-refractivity contribution in [1.29, 1.82) is 0 Å². The first-order valence-corrected chi connectivity index (χ1v) is 9.44. The fraction of sp³-hybridized carbons (Fsp3) is 0.524. The summed E-state index contributed by atoms with van der Waals surface area (Å²) >= 11 is 0. The first-order chi connectivity index (χ1) is 12.5. The van der Waals surface area contributed by atoms with Crippen molar-refractivity contribution in [3.8, 4) is 11.3 Å². The highest BCUT2D eigenvalue weighted by atomic mass is 16.5. The van der Waals surface area contributed by atoms with E-state index in [9.17, 15) is 4.79 Å². The minimum atomic E-state index is -0.482. The highest BCUT2D eigenvalue weighted by Gasteiger charge is 2.41. The van der Waals surface area contributed by atoms with E-state index in [0.29, 0.717) is 32.5 Å². The number of rotatable bonds is 6. The van der Waals surface area contributed by atoms with E-state index in [1.165, 1.54) is 0 Å². The van der Waals surface area contributed by atoms with Gasteiger partial charge < -0.3 is 14.6 Å². The molecule has 26 heavy (non-hydrogen) atoms. The number of hydrogen-bond acceptors (Lipinski definition) is 4. The van der Waals surface area contributed by atoms with Crippen molar-refractivity contribution in [1.82, 2.24) is 10.5 Å². The van der Waals surface area contributed by atoms with Crippen LogP contribution in [0.2, 0.25) is 0 Å². The molecule has 0 spiro atoms. The van der Waals surface area contributed by atoms with Crippen molar-refractivity contribution in [2.45, 2.75) is 52.5 Å². The number of carbonyl (C=O) groups is 1. The number of hydrogen-bond donors (Lipinski definition) is 1. The summed E-state index contributed by atoms with van der Waals surface area (Å²) in [6.45, 7) is 7.38. The normalized spacial score (nSPS) is 17.7. The van der Waals surface area contributed by atoms with Gasteiger partial charge in [-0.3, -0.25) is 4.79 Å². The summed E-state index contributed by atoms with van der Waals surface area (Å²) in [6, 6.07) is 10.2. The van der Waals surface area contributed by atoms with Crippen molar-refractivity contribution >= 4 is 5.91 Å². The Morgan fingerprint density at radius 1 is 1.31 bits per heavy atom. The van der Waals surface area contributed by atoms with Crippen LogP contribution < -0.4 is 5.32 Å². The average molecular weight is 356 g/mol. The van der Waals surface area contributed by atoms with Crippen LogP contribution in [0.25, 0.3) is 11.3 Å². The van der Waals surface area contributed by atoms with Gasteiger partial charge in [-0.05, 0) is 38.7 Å². The molecular formula is C21H28N2O3. The molecule has 1 aromatic carbocycles. The minimum absolute atomic E-state index is 0.101. The van der Waals surface area contributed by atoms with Crippen molar-refractivity contribution in [3.05, 3.63) is 41.7 Å². The van der Waals surface area contributed by atoms with Crippen LogP contribution in [0.3, 0.4) is 0 Å². The zero-order chi connectivity index (χ0) is 18.6. The van der Waals surface area contributed by atoms with Crippen LogP contribution in [0.5, 0.6) is 0 Å². The van der Waals surface area contributed by atoms with Gasteiger partial charge in [0.05, 0.1) is 5.41 Å². The van der Waals surface area contributed by atoms with Crippen molar-refractivity contribution in [2.24, 2.45) is 5.41 Å². The van der Waals surface area contributed by atoms with E-state index in [4.69, 9.17) is 9.26 Å². The molecule has 2 aromatic rings. The van der Waals surface area contributed by atoms with Gasteiger partial charge in [0.1, 0.15) is 11.5 Å². The summed E-state index contributed by atoms with van der Waals surface area (Å²) in [5.41, 5.74) is 2.56. The Balaban J connectivity index is 1.82. The third-order valence-corrected chi connectivity index (χ3v) is 5.41. The second-order valence-corrected chi connectivity index (χ2v) is 7.35. The Hall–Kier alpha value is -2.14. The lowest BCUT2D eigenvalue weighted by atomic mass is 9.75. The number of aryl methyl sites for hydroxylation is 1. The van der Waals surface area contributed by atoms with E-state index < -0.39 is 5.41 Å². The lowest BCUT2D eigenvalue weighted by molar-refractivity contribution is -0.137. The molecule has 1 fully saturated rings. The molecule has 1 aliphatic rings. The van der Waals surface area contributed by atoms with Crippen LogP contribution in [0.15, 0.2) is 34.9 Å². The molecule has 1 amide bonds. The zero-order valence-electron chi connectivity index (χ0n) is 15.9. The molecule has 5 heteroatoms. The molecule has 1 N–H and O–H groups in total. The number of nitrogens with one attached hydrogen (secondary N) is 1. The lowest BCUT2D eigenvalue weighted by Crippen LogP contribution is -2.48. The molecule has 1 atom stereocenters. The second kappa shape index (κ2) is 8.04. The Morgan fingerprint density at radius 2 is 2.04 bits per heavy atom. The standard InChI is InChI=1S/C21H28N2O3/c1-4-16(3)22-20(24)21(9-11-25-12-10-21)14-17-13-19(23-26-17)18-8-6-5-7-15(18)2/h5-8,13,16H,4,9-12,14H2,1-3H3,(H,22,24). The van der Waals surface area contributed by atoms with Gasteiger partial charge in [0, 0.05) is 37.3 Å². The highest BCUT2D eigenvalue weighted by Crippen LogP contribution is 2.36. The van der Waals surface area contributed by atoms with Crippen LogP contribution in [-0.2, 0) is 16.0 Å². The van der Waals surface area contributed by atoms with Gasteiger partial charge in [-0.15, -0.1) is 0 Å². The predicted octanol–water partition coefficient (Wildman–Crippen LogP) is 3.90. The van der Waals surface area contributed by atoms with E-state index >= 15 is 0 Å². The van der Waals surface area contributed by atoms with Gasteiger partial charge in [0.15, 0.2) is 0 Å². The molecule has 0 bridgehead atoms. The quantitative estimate of drug-likeness (QED) is 0.852. The first-order valence-electron chi connectivity index (χ1n) is 9.44. The summed E-state index contributed by atoms with van der Waals surface area (Å²) in [4.78, 5) is 13.0. The Morgan fingerprint density at radius 3 is 2.73 bits per heavy atom. The van der Waals surface area contributed by atoms with Gasteiger partial charge in [0.25, 0.3) is 0 Å². The van der Waals surface area contributed by atoms with Gasteiger partial charge in [0.2, 0.25) is 5.91 Å². The highest BCUT2D eigenvalue weighted by molar-refractivity contribution is 5.83. The Labute approximate surface area is 155 Å². The molecule has 3 rings (SSSR count). The average Bonchev–Trinajstić information content (AvgIpc) is 3.10. The number of benzene rings is 1. The lowest BCUT2D eigenvalue weighted by Gasteiger charge is -2.35. The van der Waals surface area contributed by atoms with Crippen LogP contribution in [0.1, 0.15) is 44.4 Å². The fourth-order valence-corrected chi connectivity index (χ4v) is 3.44. The van der Waals surface area contributed by atoms with E-state index in [1.54, 1.807) is 0 Å². The SMILES string of the molecule is CCC(C)NC(=O)C1(Cc2cc(-c3ccccc3C)no2)CCOCC1. The number of aromatic nitrogens is 1. The third-order valence-electron chi connectivity index (χ3n) is 5.41. The number of nitrogens with zero attached hydrogens (tertiary/aromatic N) is 1. The smallest absolute Gasteiger partial charge is 0.227 e. The van der Waals surface area contributed by atoms with Crippen molar-refractivity contribution < 1.29 is 14.1 Å². The summed E-state index contributed by atoms with van der Waals surface area (Å²) in [6.07, 6.45) is 2.88. The second-order valence-electron chi connectivity index (χ2n) is 7.35. The molecule has 0 saturated carbocycles. The molecule has 2 heterocycles. The zero-order valence-corrected chi connectivity index (χ0v) is 15.9. The third kappa shape index (κ3) is 3.98. The van der Waals surface area contributed by atoms with E-state index in [-0.39, 0.29) is 11.9 Å². The van der Waals surface area contributed by atoms with Crippen LogP contribution in [0, 0.1) is 12.3 Å². The molecule has 140 valence electrons. The molecule has 1 saturated heterocycles. The maximum absolute atomic E-state index is 13.0. The fourth-order valence-electron chi connectivity index (χ4n) is 3.44. The topological polar surface area (TPSA) is 64.4 Å². The van der Waals surface area contributed by atoms with E-state index in [0.717, 1.165) is 29.0 Å². The van der Waals surface area contributed by atoms with E-state index in [2.05, 4.69) is 30.4 Å². The van der Waals surface area contributed by atoms with Crippen molar-refractivity contribution in [3.63, 3.8) is 0 Å². The Kier molecular flexibility index (Phi) is 5.77. The molecule has 5 nitrogen and oxygen atoms in total. The molecule has 1 aliphatic heterocycles. The van der Waals surface area contributed by atoms with Gasteiger partial charge in [-0.25, -0.2) is 0 Å². The maximum atomic E-state index is 13.0. The minimum Gasteiger partial charge on any atom is -0.381 e. The van der Waals surface area contributed by atoms with Gasteiger partial charge in [-0.1, -0.05) is 36.3 Å². The first kappa shape index (κ1) is 18.6. The van der Waals surface area contributed by atoms with Crippen LogP contribution >= 0.6 is 0 Å². The molecule has 0 aliphatic carbocycles. The number of amides is 1. The maximum Gasteiger partial charge on any atom is 0.227 e. The summed E-state index contributed by atoms with van der Waals surface area (Å²) in [5, 5.41) is 7.39. The summed E-state index contributed by atoms with van der Waals surface area (Å²) < 4.78 is 11.1. The molecule has 0 radical (unpaired) electrons. The summed E-state index contributed by atoms with van der Waals surface area (Å²) in [5.74, 6) is 0.855. The number of carbonyl (C=O) groups excluding carboxylic acids is 1.